The maximum absolute atomic E-state index is 13.6. The molecule has 2 aromatic carbocycles. The normalized spacial score (nSPS) is 20.5. The molecule has 5 rings (SSSR count). The van der Waals surface area contributed by atoms with Crippen LogP contribution in [0.3, 0.4) is 0 Å². The summed E-state index contributed by atoms with van der Waals surface area (Å²) in [6, 6.07) is 20.4. The molecule has 2 aliphatic rings. The number of benzene rings is 2. The van der Waals surface area contributed by atoms with Crippen LogP contribution in [0.1, 0.15) is 29.0 Å². The van der Waals surface area contributed by atoms with Crippen LogP contribution >= 0.6 is 23.1 Å². The minimum Gasteiger partial charge on any atom is -0.451 e. The molecule has 3 atom stereocenters. The molecular weight excluding hydrogens is 508 g/mol. The number of esters is 1. The molecule has 7 nitrogen and oxygen atoms in total. The Morgan fingerprint density at radius 1 is 0.973 bits per heavy atom. The van der Waals surface area contributed by atoms with E-state index in [1.807, 2.05) is 78.2 Å². The Morgan fingerprint density at radius 2 is 1.62 bits per heavy atom. The van der Waals surface area contributed by atoms with Crippen LogP contribution in [0.4, 0.5) is 0 Å². The summed E-state index contributed by atoms with van der Waals surface area (Å²) in [5, 5.41) is 5.78. The van der Waals surface area contributed by atoms with Crippen molar-refractivity contribution < 1.29 is 23.9 Å². The molecule has 1 fully saturated rings. The molecule has 0 radical (unpaired) electrons. The number of carbonyl (C=O) groups excluding carboxylic acids is 4. The smallest absolute Gasteiger partial charge is 0.334 e. The number of hydrogen-bond donors (Lipinski definition) is 1. The first-order chi connectivity index (χ1) is 17.9. The van der Waals surface area contributed by atoms with Gasteiger partial charge in [-0.15, -0.1) is 23.1 Å². The van der Waals surface area contributed by atoms with E-state index >= 15 is 0 Å². The summed E-state index contributed by atoms with van der Waals surface area (Å²) >= 11 is 2.71. The largest absolute Gasteiger partial charge is 0.451 e. The second kappa shape index (κ2) is 10.7. The molecule has 2 amide bonds. The summed E-state index contributed by atoms with van der Waals surface area (Å²) < 4.78 is 6.01. The second-order valence-electron chi connectivity index (χ2n) is 8.74. The predicted octanol–water partition coefficient (Wildman–Crippen LogP) is 3.86. The molecule has 1 aromatic heterocycles. The van der Waals surface area contributed by atoms with Crippen LogP contribution in [0.5, 0.6) is 0 Å². The Balaban J connectivity index is 1.38. The van der Waals surface area contributed by atoms with Gasteiger partial charge in [0.25, 0.3) is 0 Å². The third kappa shape index (κ3) is 5.10. The van der Waals surface area contributed by atoms with Crippen LogP contribution in [0.15, 0.2) is 89.2 Å². The summed E-state index contributed by atoms with van der Waals surface area (Å²) in [6.07, 6.45) is -0.539. The zero-order valence-electron chi connectivity index (χ0n) is 19.9. The van der Waals surface area contributed by atoms with Crippen LogP contribution in [-0.2, 0) is 30.3 Å². The molecule has 1 saturated heterocycles. The van der Waals surface area contributed by atoms with E-state index in [9.17, 15) is 19.2 Å². The summed E-state index contributed by atoms with van der Waals surface area (Å²) in [5.74, 6) is -1.69. The van der Waals surface area contributed by atoms with Gasteiger partial charge in [0.05, 0.1) is 6.42 Å². The lowest BCUT2D eigenvalue weighted by atomic mass is 9.95. The van der Waals surface area contributed by atoms with Crippen LogP contribution < -0.4 is 5.32 Å². The lowest BCUT2D eigenvalue weighted by Crippen LogP contribution is -2.74. The van der Waals surface area contributed by atoms with Gasteiger partial charge in [-0.2, -0.15) is 0 Å². The summed E-state index contributed by atoms with van der Waals surface area (Å²) in [4.78, 5) is 54.1. The van der Waals surface area contributed by atoms with Crippen molar-refractivity contribution in [1.29, 1.82) is 0 Å². The number of ether oxygens (including phenoxy) is 1. The molecule has 188 valence electrons. The maximum Gasteiger partial charge on any atom is 0.334 e. The fourth-order valence-corrected chi connectivity index (χ4v) is 6.45. The topological polar surface area (TPSA) is 92.8 Å². The number of thioether (sulfide) groups is 1. The number of amides is 2. The van der Waals surface area contributed by atoms with E-state index in [-0.39, 0.29) is 23.7 Å². The Hall–Kier alpha value is -3.69. The van der Waals surface area contributed by atoms with Gasteiger partial charge in [-0.3, -0.25) is 14.4 Å². The van der Waals surface area contributed by atoms with Crippen molar-refractivity contribution in [2.24, 2.45) is 0 Å². The average molecular weight is 533 g/mol. The first kappa shape index (κ1) is 25.0. The number of carbonyl (C=O) groups is 4. The van der Waals surface area contributed by atoms with Crippen molar-refractivity contribution >= 4 is 46.7 Å². The molecular formula is C28H24N2O5S2. The molecule has 0 spiro atoms. The number of nitrogens with one attached hydrogen (secondary N) is 1. The van der Waals surface area contributed by atoms with Gasteiger partial charge in [0.1, 0.15) is 11.4 Å². The number of thiophene rings is 1. The Morgan fingerprint density at radius 3 is 2.19 bits per heavy atom. The van der Waals surface area contributed by atoms with Crippen LogP contribution in [0.2, 0.25) is 0 Å². The fourth-order valence-electron chi connectivity index (χ4n) is 4.47. The van der Waals surface area contributed by atoms with E-state index in [0.717, 1.165) is 16.0 Å². The molecule has 1 N–H and O–H groups in total. The highest BCUT2D eigenvalue weighted by Gasteiger charge is 2.57. The van der Waals surface area contributed by atoms with Crippen molar-refractivity contribution in [2.45, 2.75) is 36.9 Å². The SMILES string of the molecule is CC(=O)C1=CS[C@H]2C(NC(=O)Cc3cccs3)C(=O)N2C1C(=O)OC(c1ccccc1)c1ccccc1. The minimum absolute atomic E-state index is 0.175. The zero-order chi connectivity index (χ0) is 25.9. The molecule has 0 saturated carbocycles. The Kier molecular flexibility index (Phi) is 7.25. The highest BCUT2D eigenvalue weighted by atomic mass is 32.2. The van der Waals surface area contributed by atoms with E-state index in [4.69, 9.17) is 4.74 Å². The van der Waals surface area contributed by atoms with Crippen LogP contribution in [-0.4, -0.2) is 45.9 Å². The maximum atomic E-state index is 13.6. The van der Waals surface area contributed by atoms with E-state index in [2.05, 4.69) is 5.32 Å². The molecule has 2 unspecified atom stereocenters. The minimum atomic E-state index is -1.18. The first-order valence-corrected chi connectivity index (χ1v) is 13.6. The lowest BCUT2D eigenvalue weighted by molar-refractivity contribution is -0.165. The molecule has 0 bridgehead atoms. The quantitative estimate of drug-likeness (QED) is 0.350. The van der Waals surface area contributed by atoms with Gasteiger partial charge in [0, 0.05) is 10.5 Å². The van der Waals surface area contributed by atoms with Gasteiger partial charge in [0.15, 0.2) is 17.9 Å². The number of nitrogens with zero attached hydrogens (tertiary/aromatic N) is 1. The Labute approximate surface area is 222 Å². The van der Waals surface area contributed by atoms with Gasteiger partial charge in [0.2, 0.25) is 11.8 Å². The van der Waals surface area contributed by atoms with E-state index < -0.39 is 35.4 Å². The predicted molar refractivity (Wildman–Crippen MR) is 142 cm³/mol. The monoisotopic (exact) mass is 532 g/mol. The van der Waals surface area contributed by atoms with Crippen molar-refractivity contribution in [1.82, 2.24) is 10.2 Å². The molecule has 3 aromatic rings. The lowest BCUT2D eigenvalue weighted by Gasteiger charge is -2.51. The molecule has 3 heterocycles. The summed E-state index contributed by atoms with van der Waals surface area (Å²) in [6.45, 7) is 1.36. The number of rotatable bonds is 8. The van der Waals surface area contributed by atoms with Gasteiger partial charge in [-0.1, -0.05) is 66.7 Å². The first-order valence-electron chi connectivity index (χ1n) is 11.7. The van der Waals surface area contributed by atoms with Gasteiger partial charge in [-0.05, 0) is 34.9 Å². The number of ketones is 1. The molecule has 9 heteroatoms. The second-order valence-corrected chi connectivity index (χ2v) is 10.8. The van der Waals surface area contributed by atoms with Crippen molar-refractivity contribution in [3.8, 4) is 0 Å². The highest BCUT2D eigenvalue weighted by molar-refractivity contribution is 8.03. The number of Topliss-reactive ketones (excluding diaryl/α,β-unsaturated/α-hetero) is 1. The van der Waals surface area contributed by atoms with E-state index in [0.29, 0.717) is 0 Å². The highest BCUT2D eigenvalue weighted by Crippen LogP contribution is 2.41. The number of fused-ring (bicyclic) bond motifs is 1. The standard InChI is InChI=1S/C28H24N2O5S2/c1-17(31)21-16-37-27-23(29-22(32)15-20-13-8-14-36-20)26(33)30(27)24(21)28(34)35-25(18-9-4-2-5-10-18)19-11-6-3-7-12-19/h2-14,16,23-25,27H,15H2,1H3,(H,29,32)/t23?,24?,27-/m0/s1. The molecule has 2 aliphatic heterocycles. The van der Waals surface area contributed by atoms with E-state index in [1.54, 1.807) is 5.41 Å². The van der Waals surface area contributed by atoms with Crippen molar-refractivity contribution in [3.05, 3.63) is 105 Å². The molecule has 0 aliphatic carbocycles. The summed E-state index contributed by atoms with van der Waals surface area (Å²) in [7, 11) is 0. The van der Waals surface area contributed by atoms with Gasteiger partial charge < -0.3 is 15.0 Å². The van der Waals surface area contributed by atoms with Crippen molar-refractivity contribution in [3.63, 3.8) is 0 Å². The number of hydrogen-bond acceptors (Lipinski definition) is 7. The third-order valence-corrected chi connectivity index (χ3v) is 8.33. The Bertz CT molecular complexity index is 1300. The van der Waals surface area contributed by atoms with Gasteiger partial charge >= 0.3 is 5.97 Å². The van der Waals surface area contributed by atoms with Crippen molar-refractivity contribution in [2.75, 3.05) is 0 Å². The summed E-state index contributed by atoms with van der Waals surface area (Å²) in [5.41, 5.74) is 1.74. The zero-order valence-corrected chi connectivity index (χ0v) is 21.5. The third-order valence-electron chi connectivity index (χ3n) is 6.29. The van der Waals surface area contributed by atoms with E-state index in [1.165, 1.54) is 34.9 Å². The average Bonchev–Trinajstić information content (AvgIpc) is 3.43. The molecule has 37 heavy (non-hydrogen) atoms. The van der Waals surface area contributed by atoms with Crippen LogP contribution in [0, 0.1) is 0 Å². The number of β-lactam (4-membered cyclic amide) rings is 1. The van der Waals surface area contributed by atoms with Gasteiger partial charge in [-0.25, -0.2) is 4.79 Å². The van der Waals surface area contributed by atoms with Crippen LogP contribution in [0.25, 0.3) is 0 Å². The fraction of sp³-hybridized carbons (Fsp3) is 0.214.